The molecule has 12 nitrogen and oxygen atoms in total. The highest BCUT2D eigenvalue weighted by Gasteiger charge is 2.53. The van der Waals surface area contributed by atoms with Crippen LogP contribution in [0.1, 0.15) is 64.5 Å². The van der Waals surface area contributed by atoms with Crippen molar-refractivity contribution in [3.63, 3.8) is 0 Å². The van der Waals surface area contributed by atoms with Crippen molar-refractivity contribution in [1.29, 1.82) is 0 Å². The van der Waals surface area contributed by atoms with E-state index in [0.29, 0.717) is 45.6 Å². The number of hydrogen-bond acceptors (Lipinski definition) is 8. The maximum atomic E-state index is 14.5. The molecule has 0 bridgehead atoms. The van der Waals surface area contributed by atoms with Gasteiger partial charge in [-0.15, -0.1) is 0 Å². The number of aryl methyl sites for hydroxylation is 1. The number of nitrogens with one attached hydrogen (secondary N) is 3. The molecule has 2 saturated heterocycles. The molecule has 51 heavy (non-hydrogen) atoms. The number of Topliss-reactive ketones (excluding diaryl/α,β-unsaturated/α-hetero) is 1. The third-order valence-corrected chi connectivity index (χ3v) is 9.75. The number of rotatable bonds is 20. The van der Waals surface area contributed by atoms with Crippen LogP contribution in [0.25, 0.3) is 0 Å². The van der Waals surface area contributed by atoms with Gasteiger partial charge in [0.2, 0.25) is 23.6 Å². The molecule has 12 heteroatoms. The van der Waals surface area contributed by atoms with Crippen LogP contribution in [0.5, 0.6) is 0 Å². The second kappa shape index (κ2) is 18.4. The zero-order valence-corrected chi connectivity index (χ0v) is 30.5. The van der Waals surface area contributed by atoms with Gasteiger partial charge >= 0.3 is 0 Å². The van der Waals surface area contributed by atoms with Crippen LogP contribution in [0, 0.1) is 11.8 Å². The van der Waals surface area contributed by atoms with E-state index in [2.05, 4.69) is 16.0 Å². The van der Waals surface area contributed by atoms with Crippen molar-refractivity contribution in [2.24, 2.45) is 17.6 Å². The number of epoxide rings is 1. The molecule has 0 aliphatic carbocycles. The molecule has 0 saturated carbocycles. The van der Waals surface area contributed by atoms with E-state index in [1.165, 1.54) is 0 Å². The number of nitrogens with zero attached hydrogens (tertiary/aromatic N) is 1. The van der Waals surface area contributed by atoms with E-state index >= 15 is 0 Å². The minimum Gasteiger partial charge on any atom is -0.379 e. The Balaban J connectivity index is 1.67. The number of nitrogens with two attached hydrogens (primary N) is 1. The van der Waals surface area contributed by atoms with Crippen LogP contribution in [0.3, 0.4) is 0 Å². The maximum absolute atomic E-state index is 14.5. The molecule has 2 aromatic rings. The van der Waals surface area contributed by atoms with Crippen molar-refractivity contribution in [1.82, 2.24) is 20.9 Å². The van der Waals surface area contributed by atoms with Gasteiger partial charge in [-0.2, -0.15) is 0 Å². The molecule has 0 spiro atoms. The summed E-state index contributed by atoms with van der Waals surface area (Å²) in [5.41, 5.74) is 5.10. The molecule has 2 aromatic carbocycles. The summed E-state index contributed by atoms with van der Waals surface area (Å²) in [7, 11) is 0. The summed E-state index contributed by atoms with van der Waals surface area (Å²) < 4.78 is 10.8. The molecule has 2 fully saturated rings. The molecule has 2 aliphatic heterocycles. The van der Waals surface area contributed by atoms with Gasteiger partial charge in [0.1, 0.15) is 17.2 Å². The van der Waals surface area contributed by atoms with Gasteiger partial charge in [0.25, 0.3) is 0 Å². The molecule has 278 valence electrons. The fourth-order valence-electron chi connectivity index (χ4n) is 6.74. The van der Waals surface area contributed by atoms with Crippen molar-refractivity contribution in [2.45, 2.75) is 89.4 Å². The Bertz CT molecular complexity index is 1480. The van der Waals surface area contributed by atoms with Gasteiger partial charge in [-0.25, -0.2) is 0 Å². The highest BCUT2D eigenvalue weighted by molar-refractivity contribution is 6.01. The molecule has 0 aromatic heterocycles. The predicted molar refractivity (Wildman–Crippen MR) is 193 cm³/mol. The summed E-state index contributed by atoms with van der Waals surface area (Å²) >= 11 is 0. The topological polar surface area (TPSA) is 172 Å². The Morgan fingerprint density at radius 3 is 2.06 bits per heavy atom. The first-order chi connectivity index (χ1) is 24.4. The van der Waals surface area contributed by atoms with E-state index < -0.39 is 46.9 Å². The minimum atomic E-state index is -1.85. The van der Waals surface area contributed by atoms with Gasteiger partial charge in [-0.3, -0.25) is 28.9 Å². The van der Waals surface area contributed by atoms with Crippen LogP contribution in [-0.2, 0) is 46.3 Å². The average molecular weight is 706 g/mol. The number of carbonyl (C=O) groups excluding carboxylic acids is 5. The zero-order valence-electron chi connectivity index (χ0n) is 30.5. The largest absolute Gasteiger partial charge is 0.379 e. The van der Waals surface area contributed by atoms with Gasteiger partial charge in [0.05, 0.1) is 38.3 Å². The standard InChI is InChI=1S/C39H55N5O7/c1-5-18-39(37(40)49,30(24-29-14-10-7-11-15-29)35(47)42-32(23-27(2)3)34(46)38(4)26-51-38)43-36(48)31(17-16-28-12-8-6-9-13-28)41-33(45)25-44-19-21-50-22-20-44/h6-15,27,30-32H,5,16-26H2,1-4H3,(H2,40,49)(H,41,45)(H,42,47)(H,43,48)/t30-,31-,32+,38-,39?/m1/s1. The van der Waals surface area contributed by atoms with Crippen LogP contribution in [0.2, 0.25) is 0 Å². The predicted octanol–water partition coefficient (Wildman–Crippen LogP) is 2.32. The molecule has 5 N–H and O–H groups in total. The Morgan fingerprint density at radius 1 is 0.902 bits per heavy atom. The van der Waals surface area contributed by atoms with Gasteiger partial charge in [0, 0.05) is 13.1 Å². The van der Waals surface area contributed by atoms with Crippen LogP contribution < -0.4 is 21.7 Å². The average Bonchev–Trinajstić information content (AvgIpc) is 3.87. The fraction of sp³-hybridized carbons (Fsp3) is 0.564. The van der Waals surface area contributed by atoms with Gasteiger partial charge in [-0.1, -0.05) is 87.9 Å². The Kier molecular flexibility index (Phi) is 14.3. The third kappa shape index (κ3) is 11.2. The first-order valence-corrected chi connectivity index (χ1v) is 18.1. The van der Waals surface area contributed by atoms with E-state index in [1.807, 2.05) is 86.3 Å². The number of primary amides is 1. The normalized spacial score (nSPS) is 20.3. The van der Waals surface area contributed by atoms with Crippen molar-refractivity contribution < 1.29 is 33.4 Å². The minimum absolute atomic E-state index is 0.0513. The van der Waals surface area contributed by atoms with Gasteiger partial charge in [-0.05, 0) is 56.1 Å². The summed E-state index contributed by atoms with van der Waals surface area (Å²) in [6.45, 7) is 10.0. The summed E-state index contributed by atoms with van der Waals surface area (Å²) in [5, 5.41) is 8.78. The highest BCUT2D eigenvalue weighted by atomic mass is 16.6. The highest BCUT2D eigenvalue weighted by Crippen LogP contribution is 2.32. The number of carbonyl (C=O) groups is 5. The molecular weight excluding hydrogens is 650 g/mol. The van der Waals surface area contributed by atoms with Crippen LogP contribution in [-0.4, -0.2) is 97.0 Å². The fourth-order valence-corrected chi connectivity index (χ4v) is 6.74. The van der Waals surface area contributed by atoms with Gasteiger partial charge < -0.3 is 31.2 Å². The first-order valence-electron chi connectivity index (χ1n) is 18.1. The van der Waals surface area contributed by atoms with Crippen molar-refractivity contribution in [3.8, 4) is 0 Å². The summed E-state index contributed by atoms with van der Waals surface area (Å²) in [6, 6.07) is 16.9. The third-order valence-electron chi connectivity index (χ3n) is 9.75. The lowest BCUT2D eigenvalue weighted by molar-refractivity contribution is -0.143. The second-order valence-corrected chi connectivity index (χ2v) is 14.4. The number of amides is 4. The number of hydrogen-bond donors (Lipinski definition) is 4. The van der Waals surface area contributed by atoms with E-state index in [0.717, 1.165) is 11.1 Å². The number of morpholine rings is 1. The molecule has 0 radical (unpaired) electrons. The van der Waals surface area contributed by atoms with Crippen LogP contribution >= 0.6 is 0 Å². The Hall–Kier alpha value is -4.13. The molecule has 5 atom stereocenters. The molecule has 4 rings (SSSR count). The molecular formula is C39H55N5O7. The molecule has 2 heterocycles. The van der Waals surface area contributed by atoms with Crippen molar-refractivity contribution >= 4 is 29.4 Å². The lowest BCUT2D eigenvalue weighted by Gasteiger charge is -2.40. The van der Waals surface area contributed by atoms with E-state index in [1.54, 1.807) is 6.92 Å². The van der Waals surface area contributed by atoms with E-state index in [9.17, 15) is 24.0 Å². The Labute approximate surface area is 301 Å². The number of benzene rings is 2. The summed E-state index contributed by atoms with van der Waals surface area (Å²) in [4.78, 5) is 71.5. The number of ether oxygens (including phenoxy) is 2. The number of ketones is 1. The smallest absolute Gasteiger partial charge is 0.244 e. The van der Waals surface area contributed by atoms with Gasteiger partial charge in [0.15, 0.2) is 5.78 Å². The molecule has 2 aliphatic rings. The lowest BCUT2D eigenvalue weighted by atomic mass is 9.75. The van der Waals surface area contributed by atoms with Crippen LogP contribution in [0.15, 0.2) is 60.7 Å². The monoisotopic (exact) mass is 705 g/mol. The SMILES string of the molecule is CCCC(NC(=O)[C@@H](CCc1ccccc1)NC(=O)CN1CCOCC1)(C(N)=O)[C@H](Cc1ccccc1)C(=O)N[C@@H](CC(C)C)C(=O)[C@@]1(C)CO1. The molecule has 1 unspecified atom stereocenters. The maximum Gasteiger partial charge on any atom is 0.244 e. The Morgan fingerprint density at radius 2 is 1.51 bits per heavy atom. The van der Waals surface area contributed by atoms with Crippen molar-refractivity contribution in [2.75, 3.05) is 39.5 Å². The zero-order chi connectivity index (χ0) is 37.0. The quantitative estimate of drug-likeness (QED) is 0.152. The second-order valence-electron chi connectivity index (χ2n) is 14.4. The lowest BCUT2D eigenvalue weighted by Crippen LogP contribution is -2.68. The summed E-state index contributed by atoms with van der Waals surface area (Å²) in [6.07, 6.45) is 1.59. The van der Waals surface area contributed by atoms with Crippen LogP contribution in [0.4, 0.5) is 0 Å². The summed E-state index contributed by atoms with van der Waals surface area (Å²) in [5.74, 6) is -3.77. The molecule has 4 amide bonds. The first kappa shape index (κ1) is 39.7. The van der Waals surface area contributed by atoms with Crippen molar-refractivity contribution in [3.05, 3.63) is 71.8 Å². The van der Waals surface area contributed by atoms with E-state index in [-0.39, 0.29) is 50.0 Å². The van der Waals surface area contributed by atoms with E-state index in [4.69, 9.17) is 15.2 Å².